The highest BCUT2D eigenvalue weighted by molar-refractivity contribution is 5.94. The topological polar surface area (TPSA) is 80.3 Å². The lowest BCUT2D eigenvalue weighted by atomic mass is 10.1. The Labute approximate surface area is 197 Å². The Morgan fingerprint density at radius 1 is 0.941 bits per heavy atom. The van der Waals surface area contributed by atoms with Gasteiger partial charge < -0.3 is 24.4 Å². The summed E-state index contributed by atoms with van der Waals surface area (Å²) in [5.41, 5.74) is 0.698. The van der Waals surface area contributed by atoms with Gasteiger partial charge in [0, 0.05) is 57.3 Å². The molecular weight excluding hydrogens is 448 g/mol. The third kappa shape index (κ3) is 5.93. The maximum atomic E-state index is 13.7. The number of piperazine rings is 1. The number of hydrogen-bond acceptors (Lipinski definition) is 6. The van der Waals surface area contributed by atoms with Crippen LogP contribution in [-0.4, -0.2) is 75.7 Å². The number of nitrogens with one attached hydrogen (secondary N) is 1. The van der Waals surface area contributed by atoms with Crippen LogP contribution >= 0.6 is 0 Å². The average Bonchev–Trinajstić information content (AvgIpc) is 2.83. The van der Waals surface area contributed by atoms with Gasteiger partial charge in [0.1, 0.15) is 11.6 Å². The number of halogens is 2. The first-order valence-electron chi connectivity index (χ1n) is 10.9. The molecule has 0 saturated carbocycles. The minimum atomic E-state index is -0.939. The average molecular weight is 478 g/mol. The Morgan fingerprint density at radius 3 is 2.26 bits per heavy atom. The summed E-state index contributed by atoms with van der Waals surface area (Å²) in [6, 6.07) is 6.51. The largest absolute Gasteiger partial charge is 0.493 e. The molecule has 2 aromatic carbocycles. The Balaban J connectivity index is 1.47. The summed E-state index contributed by atoms with van der Waals surface area (Å²) in [6.07, 6.45) is 0.0953. The molecule has 0 spiro atoms. The van der Waals surface area contributed by atoms with E-state index >= 15 is 0 Å². The van der Waals surface area contributed by atoms with E-state index in [4.69, 9.17) is 14.2 Å². The van der Waals surface area contributed by atoms with Crippen LogP contribution in [-0.2, 0) is 11.3 Å². The van der Waals surface area contributed by atoms with E-state index in [0.717, 1.165) is 17.7 Å². The molecule has 184 valence electrons. The lowest BCUT2D eigenvalue weighted by molar-refractivity contribution is -0.132. The van der Waals surface area contributed by atoms with Crippen molar-refractivity contribution in [3.8, 4) is 17.2 Å². The van der Waals surface area contributed by atoms with Gasteiger partial charge in [0.05, 0.1) is 26.9 Å². The van der Waals surface area contributed by atoms with Crippen molar-refractivity contribution in [3.05, 3.63) is 53.1 Å². The number of amides is 2. The van der Waals surface area contributed by atoms with E-state index in [1.165, 1.54) is 0 Å². The zero-order valence-corrected chi connectivity index (χ0v) is 19.5. The molecule has 10 heteroatoms. The number of rotatable bonds is 9. The van der Waals surface area contributed by atoms with Crippen molar-refractivity contribution in [3.63, 3.8) is 0 Å². The standard InChI is InChI=1S/C24H29F2N3O5/c1-32-20-7-4-16(22(33-2)23(20)34-3)15-28-10-12-29(13-11-28)21(30)8-9-27-24(31)18-6-5-17(25)14-19(18)26/h4-7,14H,8-13,15H2,1-3H3,(H,27,31). The van der Waals surface area contributed by atoms with Gasteiger partial charge in [-0.1, -0.05) is 6.07 Å². The summed E-state index contributed by atoms with van der Waals surface area (Å²) in [6.45, 7) is 3.15. The van der Waals surface area contributed by atoms with E-state index < -0.39 is 17.5 Å². The fraction of sp³-hybridized carbons (Fsp3) is 0.417. The molecule has 0 bridgehead atoms. The number of hydrogen-bond donors (Lipinski definition) is 1. The minimum Gasteiger partial charge on any atom is -0.493 e. The van der Waals surface area contributed by atoms with Gasteiger partial charge in [0.25, 0.3) is 5.91 Å². The third-order valence-corrected chi connectivity index (χ3v) is 5.70. The minimum absolute atomic E-state index is 0.0670. The van der Waals surface area contributed by atoms with Crippen LogP contribution in [0, 0.1) is 11.6 Å². The molecule has 2 amide bonds. The van der Waals surface area contributed by atoms with Gasteiger partial charge in [0.2, 0.25) is 11.7 Å². The molecule has 0 unspecified atom stereocenters. The van der Waals surface area contributed by atoms with Crippen LogP contribution in [0.1, 0.15) is 22.3 Å². The summed E-state index contributed by atoms with van der Waals surface area (Å²) in [5, 5.41) is 2.51. The van der Waals surface area contributed by atoms with E-state index in [1.807, 2.05) is 12.1 Å². The van der Waals surface area contributed by atoms with Gasteiger partial charge in [-0.2, -0.15) is 0 Å². The number of carbonyl (C=O) groups excluding carboxylic acids is 2. The van der Waals surface area contributed by atoms with Crippen molar-refractivity contribution in [1.82, 2.24) is 15.1 Å². The van der Waals surface area contributed by atoms with Gasteiger partial charge in [-0.15, -0.1) is 0 Å². The van der Waals surface area contributed by atoms with Crippen LogP contribution in [0.5, 0.6) is 17.2 Å². The molecule has 1 fully saturated rings. The van der Waals surface area contributed by atoms with Gasteiger partial charge in [-0.05, 0) is 18.2 Å². The molecule has 1 heterocycles. The second-order valence-corrected chi connectivity index (χ2v) is 7.78. The summed E-state index contributed by atoms with van der Waals surface area (Å²) >= 11 is 0. The van der Waals surface area contributed by atoms with Crippen LogP contribution < -0.4 is 19.5 Å². The molecule has 8 nitrogen and oxygen atoms in total. The van der Waals surface area contributed by atoms with Crippen molar-refractivity contribution in [2.75, 3.05) is 54.1 Å². The number of ether oxygens (including phenoxy) is 3. The Hall–Kier alpha value is -3.40. The quantitative estimate of drug-likeness (QED) is 0.598. The van der Waals surface area contributed by atoms with E-state index in [-0.39, 0.29) is 24.4 Å². The fourth-order valence-corrected chi connectivity index (χ4v) is 3.89. The van der Waals surface area contributed by atoms with Gasteiger partial charge in [0.15, 0.2) is 11.5 Å². The highest BCUT2D eigenvalue weighted by Gasteiger charge is 2.23. The molecule has 34 heavy (non-hydrogen) atoms. The second-order valence-electron chi connectivity index (χ2n) is 7.78. The SMILES string of the molecule is COc1ccc(CN2CCN(C(=O)CCNC(=O)c3ccc(F)cc3F)CC2)c(OC)c1OC. The van der Waals surface area contributed by atoms with E-state index in [0.29, 0.717) is 56.0 Å². The molecule has 0 atom stereocenters. The van der Waals surface area contributed by atoms with Crippen LogP contribution in [0.25, 0.3) is 0 Å². The molecule has 3 rings (SSSR count). The number of nitrogens with zero attached hydrogens (tertiary/aromatic N) is 2. The molecular formula is C24H29F2N3O5. The predicted octanol–water partition coefficient (Wildman–Crippen LogP) is 2.45. The zero-order chi connectivity index (χ0) is 24.7. The first-order chi connectivity index (χ1) is 16.4. The predicted molar refractivity (Wildman–Crippen MR) is 121 cm³/mol. The molecule has 1 aliphatic heterocycles. The van der Waals surface area contributed by atoms with Gasteiger partial charge in [-0.3, -0.25) is 14.5 Å². The van der Waals surface area contributed by atoms with Crippen molar-refractivity contribution in [2.45, 2.75) is 13.0 Å². The zero-order valence-electron chi connectivity index (χ0n) is 19.5. The van der Waals surface area contributed by atoms with Crippen LogP contribution in [0.3, 0.4) is 0 Å². The smallest absolute Gasteiger partial charge is 0.254 e. The maximum absolute atomic E-state index is 13.7. The third-order valence-electron chi connectivity index (χ3n) is 5.70. The summed E-state index contributed by atoms with van der Waals surface area (Å²) in [4.78, 5) is 28.5. The van der Waals surface area contributed by atoms with Crippen LogP contribution in [0.15, 0.2) is 30.3 Å². The summed E-state index contributed by atoms with van der Waals surface area (Å²) < 4.78 is 43.0. The first kappa shape index (κ1) is 25.2. The summed E-state index contributed by atoms with van der Waals surface area (Å²) in [5.74, 6) is -0.721. The van der Waals surface area contributed by atoms with E-state index in [9.17, 15) is 18.4 Å². The van der Waals surface area contributed by atoms with Crippen LogP contribution in [0.2, 0.25) is 0 Å². The van der Waals surface area contributed by atoms with Crippen LogP contribution in [0.4, 0.5) is 8.78 Å². The maximum Gasteiger partial charge on any atom is 0.254 e. The van der Waals surface area contributed by atoms with Crippen molar-refractivity contribution < 1.29 is 32.6 Å². The molecule has 1 N–H and O–H groups in total. The normalized spacial score (nSPS) is 14.0. The number of carbonyl (C=O) groups is 2. The first-order valence-corrected chi connectivity index (χ1v) is 10.9. The lowest BCUT2D eigenvalue weighted by Gasteiger charge is -2.35. The number of benzene rings is 2. The van der Waals surface area contributed by atoms with Crippen molar-refractivity contribution in [1.29, 1.82) is 0 Å². The molecule has 0 aromatic heterocycles. The Morgan fingerprint density at radius 2 is 1.65 bits per heavy atom. The second kappa shape index (κ2) is 11.6. The molecule has 0 aliphatic carbocycles. The van der Waals surface area contributed by atoms with Crippen molar-refractivity contribution >= 4 is 11.8 Å². The molecule has 1 saturated heterocycles. The van der Waals surface area contributed by atoms with E-state index in [1.54, 1.807) is 26.2 Å². The highest BCUT2D eigenvalue weighted by Crippen LogP contribution is 2.40. The molecule has 2 aromatic rings. The Bertz CT molecular complexity index is 1030. The Kier molecular flexibility index (Phi) is 8.64. The molecule has 0 radical (unpaired) electrons. The summed E-state index contributed by atoms with van der Waals surface area (Å²) in [7, 11) is 4.72. The fourth-order valence-electron chi connectivity index (χ4n) is 3.89. The lowest BCUT2D eigenvalue weighted by Crippen LogP contribution is -2.48. The highest BCUT2D eigenvalue weighted by atomic mass is 19.1. The monoisotopic (exact) mass is 477 g/mol. The van der Waals surface area contributed by atoms with Crippen molar-refractivity contribution in [2.24, 2.45) is 0 Å². The van der Waals surface area contributed by atoms with Gasteiger partial charge in [-0.25, -0.2) is 8.78 Å². The van der Waals surface area contributed by atoms with Gasteiger partial charge >= 0.3 is 0 Å². The number of methoxy groups -OCH3 is 3. The van der Waals surface area contributed by atoms with E-state index in [2.05, 4.69) is 10.2 Å². The molecule has 1 aliphatic rings.